The lowest BCUT2D eigenvalue weighted by Gasteiger charge is -2.09. The van der Waals surface area contributed by atoms with Crippen LogP contribution >= 0.6 is 0 Å². The van der Waals surface area contributed by atoms with E-state index in [-0.39, 0.29) is 0 Å². The molecule has 1 rings (SSSR count). The van der Waals surface area contributed by atoms with Crippen LogP contribution < -0.4 is 5.32 Å². The SMILES string of the molecule is FC(F)O[C@H]1CCCN1. The van der Waals surface area contributed by atoms with Crippen molar-refractivity contribution in [2.45, 2.75) is 25.7 Å². The van der Waals surface area contributed by atoms with Crippen LogP contribution in [0, 0.1) is 0 Å². The number of hydrogen-bond acceptors (Lipinski definition) is 2. The first kappa shape index (κ1) is 6.89. The fraction of sp³-hybridized carbons (Fsp3) is 1.00. The second kappa shape index (κ2) is 3.08. The second-order valence-corrected chi connectivity index (χ2v) is 1.98. The molecule has 4 heteroatoms. The summed E-state index contributed by atoms with van der Waals surface area (Å²) < 4.78 is 27.0. The van der Waals surface area contributed by atoms with Gasteiger partial charge in [-0.2, -0.15) is 8.78 Å². The first-order valence-corrected chi connectivity index (χ1v) is 2.96. The summed E-state index contributed by atoms with van der Waals surface area (Å²) in [5.74, 6) is 0. The molecule has 0 bridgehead atoms. The summed E-state index contributed by atoms with van der Waals surface area (Å²) in [5, 5.41) is 2.79. The second-order valence-electron chi connectivity index (χ2n) is 1.98. The molecule has 0 aromatic rings. The van der Waals surface area contributed by atoms with E-state index in [0.717, 1.165) is 13.0 Å². The van der Waals surface area contributed by atoms with Crippen LogP contribution in [0.25, 0.3) is 0 Å². The van der Waals surface area contributed by atoms with Gasteiger partial charge in [-0.05, 0) is 19.4 Å². The van der Waals surface area contributed by atoms with Gasteiger partial charge in [-0.3, -0.25) is 5.32 Å². The summed E-state index contributed by atoms with van der Waals surface area (Å²) in [6.45, 7) is -1.85. The Morgan fingerprint density at radius 2 is 2.33 bits per heavy atom. The van der Waals surface area contributed by atoms with Gasteiger partial charge in [0.1, 0.15) is 6.23 Å². The molecule has 0 aromatic heterocycles. The van der Waals surface area contributed by atoms with Crippen molar-refractivity contribution in [1.29, 1.82) is 0 Å². The Bertz CT molecular complexity index is 83.0. The highest BCUT2D eigenvalue weighted by molar-refractivity contribution is 4.64. The number of nitrogens with one attached hydrogen (secondary N) is 1. The third kappa shape index (κ3) is 2.24. The van der Waals surface area contributed by atoms with E-state index in [1.54, 1.807) is 0 Å². The van der Waals surface area contributed by atoms with Crippen molar-refractivity contribution in [2.75, 3.05) is 6.54 Å². The number of rotatable bonds is 2. The summed E-state index contributed by atoms with van der Waals surface area (Å²) in [4.78, 5) is 0. The van der Waals surface area contributed by atoms with Crippen LogP contribution in [0.4, 0.5) is 8.78 Å². The summed E-state index contributed by atoms with van der Waals surface area (Å²) in [6.07, 6.45) is 1.21. The Morgan fingerprint density at radius 3 is 2.78 bits per heavy atom. The van der Waals surface area contributed by atoms with Crippen molar-refractivity contribution in [3.05, 3.63) is 0 Å². The largest absolute Gasteiger partial charge is 0.346 e. The lowest BCUT2D eigenvalue weighted by molar-refractivity contribution is -0.166. The van der Waals surface area contributed by atoms with Gasteiger partial charge in [0.2, 0.25) is 0 Å². The summed E-state index contributed by atoms with van der Waals surface area (Å²) in [6, 6.07) is 0. The van der Waals surface area contributed by atoms with Crippen LogP contribution in [0.1, 0.15) is 12.8 Å². The van der Waals surface area contributed by atoms with Crippen LogP contribution in [0.3, 0.4) is 0 Å². The minimum atomic E-state index is -2.64. The van der Waals surface area contributed by atoms with Gasteiger partial charge >= 0.3 is 6.61 Å². The molecule has 1 atom stereocenters. The van der Waals surface area contributed by atoms with E-state index >= 15 is 0 Å². The van der Waals surface area contributed by atoms with Gasteiger partial charge in [0.15, 0.2) is 0 Å². The average molecular weight is 137 g/mol. The van der Waals surface area contributed by atoms with Crippen LogP contribution in [0.15, 0.2) is 0 Å². The first-order chi connectivity index (χ1) is 4.29. The van der Waals surface area contributed by atoms with Gasteiger partial charge in [0.05, 0.1) is 0 Å². The molecule has 0 unspecified atom stereocenters. The van der Waals surface area contributed by atoms with E-state index in [2.05, 4.69) is 10.1 Å². The molecule has 1 fully saturated rings. The van der Waals surface area contributed by atoms with Gasteiger partial charge in [0.25, 0.3) is 0 Å². The maximum absolute atomic E-state index is 11.4. The minimum Gasteiger partial charge on any atom is -0.304 e. The van der Waals surface area contributed by atoms with E-state index in [1.807, 2.05) is 0 Å². The van der Waals surface area contributed by atoms with E-state index in [4.69, 9.17) is 0 Å². The third-order valence-corrected chi connectivity index (χ3v) is 1.28. The highest BCUT2D eigenvalue weighted by Gasteiger charge is 2.17. The zero-order valence-corrected chi connectivity index (χ0v) is 4.94. The first-order valence-electron chi connectivity index (χ1n) is 2.96. The third-order valence-electron chi connectivity index (χ3n) is 1.28. The van der Waals surface area contributed by atoms with Gasteiger partial charge in [-0.1, -0.05) is 0 Å². The zero-order valence-electron chi connectivity index (χ0n) is 4.94. The van der Waals surface area contributed by atoms with E-state index < -0.39 is 12.8 Å². The molecular weight excluding hydrogens is 128 g/mol. The standard InChI is InChI=1S/C5H9F2NO/c6-5(7)9-4-2-1-3-8-4/h4-5,8H,1-3H2/t4-/m0/s1. The highest BCUT2D eigenvalue weighted by atomic mass is 19.3. The maximum atomic E-state index is 11.4. The Morgan fingerprint density at radius 1 is 1.56 bits per heavy atom. The Kier molecular flexibility index (Phi) is 2.36. The molecule has 0 spiro atoms. The molecule has 2 nitrogen and oxygen atoms in total. The fourth-order valence-electron chi connectivity index (χ4n) is 0.893. The van der Waals surface area contributed by atoms with E-state index in [0.29, 0.717) is 6.42 Å². The predicted octanol–water partition coefficient (Wildman–Crippen LogP) is 0.935. The summed E-state index contributed by atoms with van der Waals surface area (Å²) in [7, 11) is 0. The molecule has 0 saturated carbocycles. The van der Waals surface area contributed by atoms with E-state index in [9.17, 15) is 8.78 Å². The molecule has 1 heterocycles. The van der Waals surface area contributed by atoms with Crippen molar-refractivity contribution in [3.8, 4) is 0 Å². The smallest absolute Gasteiger partial charge is 0.304 e. The molecule has 1 saturated heterocycles. The Balaban J connectivity index is 2.11. The predicted molar refractivity (Wildman–Crippen MR) is 28.1 cm³/mol. The molecule has 9 heavy (non-hydrogen) atoms. The van der Waals surface area contributed by atoms with Crippen molar-refractivity contribution in [2.24, 2.45) is 0 Å². The van der Waals surface area contributed by atoms with Crippen LogP contribution in [-0.2, 0) is 4.74 Å². The molecule has 0 aromatic carbocycles. The molecule has 1 aliphatic heterocycles. The highest BCUT2D eigenvalue weighted by Crippen LogP contribution is 2.09. The van der Waals surface area contributed by atoms with Crippen molar-refractivity contribution >= 4 is 0 Å². The zero-order chi connectivity index (χ0) is 6.69. The number of ether oxygens (including phenoxy) is 1. The normalized spacial score (nSPS) is 27.7. The van der Waals surface area contributed by atoms with Crippen molar-refractivity contribution in [1.82, 2.24) is 5.32 Å². The quantitative estimate of drug-likeness (QED) is 0.611. The summed E-state index contributed by atoms with van der Waals surface area (Å²) >= 11 is 0. The average Bonchev–Trinajstić information content (AvgIpc) is 2.15. The topological polar surface area (TPSA) is 21.3 Å². The van der Waals surface area contributed by atoms with Crippen molar-refractivity contribution in [3.63, 3.8) is 0 Å². The number of halogens is 2. The van der Waals surface area contributed by atoms with Gasteiger partial charge in [-0.25, -0.2) is 0 Å². The molecule has 1 N–H and O–H groups in total. The van der Waals surface area contributed by atoms with Gasteiger partial charge in [-0.15, -0.1) is 0 Å². The van der Waals surface area contributed by atoms with E-state index in [1.165, 1.54) is 0 Å². The maximum Gasteiger partial charge on any atom is 0.346 e. The van der Waals surface area contributed by atoms with Crippen molar-refractivity contribution < 1.29 is 13.5 Å². The lowest BCUT2D eigenvalue weighted by Crippen LogP contribution is -2.26. The molecule has 0 radical (unpaired) electrons. The molecule has 54 valence electrons. The number of hydrogen-bond donors (Lipinski definition) is 1. The molecule has 0 amide bonds. The molecular formula is C5H9F2NO. The summed E-state index contributed by atoms with van der Waals surface area (Å²) in [5.41, 5.74) is 0. The fourth-order valence-corrected chi connectivity index (χ4v) is 0.893. The lowest BCUT2D eigenvalue weighted by atomic mass is 10.4. The van der Waals surface area contributed by atoms with Crippen LogP contribution in [0.2, 0.25) is 0 Å². The molecule has 0 aliphatic carbocycles. The molecule has 1 aliphatic rings. The Hall–Kier alpha value is -0.220. The van der Waals surface area contributed by atoms with Gasteiger partial charge < -0.3 is 4.74 Å². The van der Waals surface area contributed by atoms with Crippen LogP contribution in [0.5, 0.6) is 0 Å². The minimum absolute atomic E-state index is 0.412. The van der Waals surface area contributed by atoms with Gasteiger partial charge in [0, 0.05) is 0 Å². The number of alkyl halides is 2. The monoisotopic (exact) mass is 137 g/mol. The Labute approximate surface area is 52.2 Å². The van der Waals surface area contributed by atoms with Crippen LogP contribution in [-0.4, -0.2) is 19.4 Å².